The van der Waals surface area contributed by atoms with Crippen LogP contribution in [0.4, 0.5) is 0 Å². The van der Waals surface area contributed by atoms with Gasteiger partial charge in [0.2, 0.25) is 11.8 Å². The number of hydrogen-bond acceptors (Lipinski definition) is 4. The lowest BCUT2D eigenvalue weighted by molar-refractivity contribution is -0.155. The second-order valence-corrected chi connectivity index (χ2v) is 6.68. The van der Waals surface area contributed by atoms with Gasteiger partial charge >= 0.3 is 0 Å². The molecule has 1 aliphatic rings. The predicted octanol–water partition coefficient (Wildman–Crippen LogP) is 2.39. The summed E-state index contributed by atoms with van der Waals surface area (Å²) in [4.78, 5) is 26.5. The number of nitrogens with one attached hydrogen (secondary N) is 1. The van der Waals surface area contributed by atoms with Crippen molar-refractivity contribution in [1.29, 1.82) is 0 Å². The minimum absolute atomic E-state index is 0.0167. The molecule has 1 aliphatic heterocycles. The second kappa shape index (κ2) is 8.88. The summed E-state index contributed by atoms with van der Waals surface area (Å²) in [7, 11) is 1.60. The highest BCUT2D eigenvalue weighted by Crippen LogP contribution is 2.17. The second-order valence-electron chi connectivity index (χ2n) is 6.24. The Labute approximate surface area is 163 Å². The van der Waals surface area contributed by atoms with Crippen LogP contribution in [0.5, 0.6) is 5.75 Å². The molecule has 0 radical (unpaired) electrons. The van der Waals surface area contributed by atoms with Crippen LogP contribution >= 0.6 is 11.6 Å². The molecule has 2 amide bonds. The molecule has 1 saturated heterocycles. The van der Waals surface area contributed by atoms with Crippen LogP contribution < -0.4 is 10.1 Å². The zero-order valence-corrected chi connectivity index (χ0v) is 15.7. The molecule has 6 nitrogen and oxygen atoms in total. The van der Waals surface area contributed by atoms with E-state index < -0.39 is 6.04 Å². The van der Waals surface area contributed by atoms with E-state index in [9.17, 15) is 9.59 Å². The molecule has 0 saturated carbocycles. The molecule has 2 aromatic rings. The van der Waals surface area contributed by atoms with E-state index in [1.165, 1.54) is 0 Å². The average molecular weight is 389 g/mol. The maximum Gasteiger partial charge on any atom is 0.249 e. The lowest BCUT2D eigenvalue weighted by Crippen LogP contribution is -2.55. The summed E-state index contributed by atoms with van der Waals surface area (Å²) < 4.78 is 10.4. The SMILES string of the molecule is COc1ccc(CN2C(=O)COC[C@H]2C(=O)NCc2ccc(Cl)cc2)cc1. The highest BCUT2D eigenvalue weighted by atomic mass is 35.5. The topological polar surface area (TPSA) is 67.9 Å². The molecule has 1 atom stereocenters. The van der Waals surface area contributed by atoms with E-state index in [0.717, 1.165) is 16.9 Å². The molecular weight excluding hydrogens is 368 g/mol. The number of hydrogen-bond donors (Lipinski definition) is 1. The van der Waals surface area contributed by atoms with Gasteiger partial charge in [0.15, 0.2) is 0 Å². The first-order valence-corrected chi connectivity index (χ1v) is 8.97. The maximum atomic E-state index is 12.7. The van der Waals surface area contributed by atoms with Crippen LogP contribution in [-0.2, 0) is 27.4 Å². The van der Waals surface area contributed by atoms with Gasteiger partial charge in [-0.3, -0.25) is 9.59 Å². The van der Waals surface area contributed by atoms with E-state index in [1.807, 2.05) is 36.4 Å². The monoisotopic (exact) mass is 388 g/mol. The first-order valence-electron chi connectivity index (χ1n) is 8.59. The van der Waals surface area contributed by atoms with Crippen molar-refractivity contribution in [2.75, 3.05) is 20.3 Å². The summed E-state index contributed by atoms with van der Waals surface area (Å²) in [6.45, 7) is 0.855. The number of amides is 2. The van der Waals surface area contributed by atoms with Crippen LogP contribution in [0, 0.1) is 0 Å². The van der Waals surface area contributed by atoms with Crippen molar-refractivity contribution in [3.8, 4) is 5.75 Å². The fraction of sp³-hybridized carbons (Fsp3) is 0.300. The highest BCUT2D eigenvalue weighted by Gasteiger charge is 2.33. The molecule has 3 rings (SSSR count). The van der Waals surface area contributed by atoms with Gasteiger partial charge in [-0.15, -0.1) is 0 Å². The minimum Gasteiger partial charge on any atom is -0.497 e. The first-order chi connectivity index (χ1) is 13.1. The molecule has 1 fully saturated rings. The Bertz CT molecular complexity index is 793. The Morgan fingerprint density at radius 2 is 1.85 bits per heavy atom. The Hall–Kier alpha value is -2.57. The zero-order valence-electron chi connectivity index (χ0n) is 15.0. The average Bonchev–Trinajstić information content (AvgIpc) is 2.69. The number of nitrogens with zero attached hydrogens (tertiary/aromatic N) is 1. The molecule has 1 N–H and O–H groups in total. The van der Waals surface area contributed by atoms with E-state index in [2.05, 4.69) is 5.32 Å². The maximum absolute atomic E-state index is 12.7. The summed E-state index contributed by atoms with van der Waals surface area (Å²) in [6, 6.07) is 14.0. The number of benzene rings is 2. The van der Waals surface area contributed by atoms with Crippen molar-refractivity contribution in [2.45, 2.75) is 19.1 Å². The van der Waals surface area contributed by atoms with Crippen LogP contribution in [0.2, 0.25) is 5.02 Å². The minimum atomic E-state index is -0.666. The standard InChI is InChI=1S/C20H21ClN2O4/c1-26-17-8-4-15(5-9-17)11-23-18(12-27-13-19(23)24)20(25)22-10-14-2-6-16(21)7-3-14/h2-9,18H,10-13H2,1H3,(H,22,25)/t18-/m0/s1. The summed E-state index contributed by atoms with van der Waals surface area (Å²) in [5.74, 6) is 0.291. The Morgan fingerprint density at radius 3 is 2.52 bits per heavy atom. The lowest BCUT2D eigenvalue weighted by Gasteiger charge is -2.34. The smallest absolute Gasteiger partial charge is 0.249 e. The van der Waals surface area contributed by atoms with Crippen LogP contribution in [0.1, 0.15) is 11.1 Å². The number of rotatable bonds is 6. The number of morpholine rings is 1. The molecule has 0 aromatic heterocycles. The first kappa shape index (κ1) is 19.2. The molecule has 0 unspecified atom stereocenters. The number of halogens is 1. The van der Waals surface area contributed by atoms with Gasteiger partial charge in [-0.05, 0) is 35.4 Å². The molecule has 142 valence electrons. The van der Waals surface area contributed by atoms with Gasteiger partial charge in [-0.1, -0.05) is 35.9 Å². The Balaban J connectivity index is 1.65. The molecule has 0 bridgehead atoms. The van der Waals surface area contributed by atoms with Crippen LogP contribution in [0.25, 0.3) is 0 Å². The molecule has 0 aliphatic carbocycles. The summed E-state index contributed by atoms with van der Waals surface area (Å²) in [6.07, 6.45) is 0. The van der Waals surface area contributed by atoms with Crippen molar-refractivity contribution in [2.24, 2.45) is 0 Å². The van der Waals surface area contributed by atoms with E-state index >= 15 is 0 Å². The highest BCUT2D eigenvalue weighted by molar-refractivity contribution is 6.30. The normalized spacial score (nSPS) is 16.9. The number of ether oxygens (including phenoxy) is 2. The Kier molecular flexibility index (Phi) is 6.32. The van der Waals surface area contributed by atoms with Gasteiger partial charge in [0.25, 0.3) is 0 Å². The van der Waals surface area contributed by atoms with Gasteiger partial charge in [-0.25, -0.2) is 0 Å². The lowest BCUT2D eigenvalue weighted by atomic mass is 10.1. The van der Waals surface area contributed by atoms with Gasteiger partial charge < -0.3 is 19.7 Å². The number of carbonyl (C=O) groups is 2. The zero-order chi connectivity index (χ0) is 19.2. The fourth-order valence-electron chi connectivity index (χ4n) is 2.86. The summed E-state index contributed by atoms with van der Waals surface area (Å²) >= 11 is 5.87. The van der Waals surface area contributed by atoms with Crippen LogP contribution in [-0.4, -0.2) is 43.1 Å². The van der Waals surface area contributed by atoms with Crippen LogP contribution in [0.15, 0.2) is 48.5 Å². The number of methoxy groups -OCH3 is 1. The van der Waals surface area contributed by atoms with Gasteiger partial charge in [-0.2, -0.15) is 0 Å². The van der Waals surface area contributed by atoms with Gasteiger partial charge in [0.1, 0.15) is 18.4 Å². The van der Waals surface area contributed by atoms with Crippen molar-refractivity contribution in [3.63, 3.8) is 0 Å². The molecule has 2 aromatic carbocycles. The third-order valence-corrected chi connectivity index (χ3v) is 4.64. The summed E-state index contributed by atoms with van der Waals surface area (Å²) in [5, 5.41) is 3.51. The number of carbonyl (C=O) groups excluding carboxylic acids is 2. The van der Waals surface area contributed by atoms with Gasteiger partial charge in [0, 0.05) is 18.1 Å². The predicted molar refractivity (Wildman–Crippen MR) is 101 cm³/mol. The third-order valence-electron chi connectivity index (χ3n) is 4.39. The van der Waals surface area contributed by atoms with Gasteiger partial charge in [0.05, 0.1) is 13.7 Å². The molecular formula is C20H21ClN2O4. The van der Waals surface area contributed by atoms with Crippen molar-refractivity contribution < 1.29 is 19.1 Å². The van der Waals surface area contributed by atoms with Crippen molar-refractivity contribution >= 4 is 23.4 Å². The van der Waals surface area contributed by atoms with E-state index in [1.54, 1.807) is 24.1 Å². The largest absolute Gasteiger partial charge is 0.497 e. The van der Waals surface area contributed by atoms with Crippen molar-refractivity contribution in [1.82, 2.24) is 10.2 Å². The molecule has 27 heavy (non-hydrogen) atoms. The third kappa shape index (κ3) is 4.99. The van der Waals surface area contributed by atoms with Crippen molar-refractivity contribution in [3.05, 3.63) is 64.7 Å². The quantitative estimate of drug-likeness (QED) is 0.825. The van der Waals surface area contributed by atoms with E-state index in [4.69, 9.17) is 21.1 Å². The molecule has 0 spiro atoms. The fourth-order valence-corrected chi connectivity index (χ4v) is 2.98. The molecule has 7 heteroatoms. The molecule has 1 heterocycles. The van der Waals surface area contributed by atoms with E-state index in [0.29, 0.717) is 18.1 Å². The Morgan fingerprint density at radius 1 is 1.19 bits per heavy atom. The van der Waals surface area contributed by atoms with Crippen LogP contribution in [0.3, 0.4) is 0 Å². The summed E-state index contributed by atoms with van der Waals surface area (Å²) in [5.41, 5.74) is 1.85. The van der Waals surface area contributed by atoms with E-state index in [-0.39, 0.29) is 25.0 Å².